The minimum absolute atomic E-state index is 0.0618. The third kappa shape index (κ3) is 4.50. The molecule has 0 bridgehead atoms. The molecular formula is C29H29NO4. The number of phenolic OH excluding ortho intramolecular Hbond substituents is 3. The topological polar surface area (TPSA) is 73.2 Å². The summed E-state index contributed by atoms with van der Waals surface area (Å²) >= 11 is 0. The van der Waals surface area contributed by atoms with Gasteiger partial charge in [-0.05, 0) is 99.8 Å². The van der Waals surface area contributed by atoms with Crippen LogP contribution in [0.2, 0.25) is 0 Å². The normalized spacial score (nSPS) is 10.9. The van der Waals surface area contributed by atoms with Crippen molar-refractivity contribution in [3.8, 4) is 28.7 Å². The number of hydrogen-bond donors (Lipinski definition) is 3. The Kier molecular flexibility index (Phi) is 6.12. The Morgan fingerprint density at radius 1 is 0.588 bits per heavy atom. The van der Waals surface area contributed by atoms with Crippen LogP contribution < -0.4 is 9.64 Å². The largest absolute Gasteiger partial charge is 0.508 e. The lowest BCUT2D eigenvalue weighted by Gasteiger charge is -2.30. The first kappa shape index (κ1) is 23.1. The van der Waals surface area contributed by atoms with E-state index in [-0.39, 0.29) is 17.2 Å². The first-order chi connectivity index (χ1) is 16.1. The van der Waals surface area contributed by atoms with E-state index in [4.69, 9.17) is 4.74 Å². The van der Waals surface area contributed by atoms with Crippen molar-refractivity contribution in [3.63, 3.8) is 0 Å². The number of phenols is 3. The lowest BCUT2D eigenvalue weighted by Crippen LogP contribution is -2.13. The highest BCUT2D eigenvalue weighted by molar-refractivity contribution is 5.83. The predicted molar refractivity (Wildman–Crippen MR) is 136 cm³/mol. The van der Waals surface area contributed by atoms with Crippen LogP contribution in [0, 0.1) is 34.6 Å². The molecule has 0 amide bonds. The number of rotatable bonds is 5. The molecule has 0 heterocycles. The van der Waals surface area contributed by atoms with Gasteiger partial charge >= 0.3 is 0 Å². The van der Waals surface area contributed by atoms with Crippen molar-refractivity contribution in [3.05, 3.63) is 94.5 Å². The van der Waals surface area contributed by atoms with Gasteiger partial charge in [-0.2, -0.15) is 0 Å². The smallest absolute Gasteiger partial charge is 0.169 e. The lowest BCUT2D eigenvalue weighted by atomic mass is 10.0. The van der Waals surface area contributed by atoms with Gasteiger partial charge in [0.15, 0.2) is 11.5 Å². The quantitative estimate of drug-likeness (QED) is 0.289. The Hall–Kier alpha value is -4.12. The van der Waals surface area contributed by atoms with Crippen molar-refractivity contribution in [2.45, 2.75) is 34.6 Å². The molecule has 4 aromatic carbocycles. The van der Waals surface area contributed by atoms with Crippen LogP contribution in [0.25, 0.3) is 0 Å². The van der Waals surface area contributed by atoms with Crippen molar-refractivity contribution in [2.24, 2.45) is 0 Å². The van der Waals surface area contributed by atoms with Crippen LogP contribution >= 0.6 is 0 Å². The summed E-state index contributed by atoms with van der Waals surface area (Å²) in [5.74, 6) is 1.38. The molecule has 0 fully saturated rings. The van der Waals surface area contributed by atoms with Crippen LogP contribution in [0.15, 0.2) is 66.7 Å². The zero-order valence-corrected chi connectivity index (χ0v) is 20.0. The standard InChI is InChI=1S/C29H29NO4/c1-17-9-10-26(31)29(15-17)34-23-8-6-7-22(16-23)30(24-11-18(2)13-27(32)20(24)4)25-12-19(3)14-28(33)21(25)5/h6-16,31-33H,1-5H3. The molecule has 0 spiro atoms. The molecule has 5 nitrogen and oxygen atoms in total. The molecular weight excluding hydrogens is 426 g/mol. The molecule has 0 unspecified atom stereocenters. The number of aryl methyl sites for hydroxylation is 3. The summed E-state index contributed by atoms with van der Waals surface area (Å²) in [5.41, 5.74) is 6.60. The molecule has 0 aliphatic heterocycles. The molecule has 0 aliphatic carbocycles. The highest BCUT2D eigenvalue weighted by Gasteiger charge is 2.21. The zero-order valence-electron chi connectivity index (χ0n) is 20.0. The number of nitrogens with zero attached hydrogens (tertiary/aromatic N) is 1. The summed E-state index contributed by atoms with van der Waals surface area (Å²) in [5, 5.41) is 31.4. The maximum atomic E-state index is 10.6. The minimum atomic E-state index is 0.0618. The predicted octanol–water partition coefficient (Wildman–Crippen LogP) is 7.61. The maximum Gasteiger partial charge on any atom is 0.169 e. The van der Waals surface area contributed by atoms with Crippen LogP contribution in [0.5, 0.6) is 28.7 Å². The lowest BCUT2D eigenvalue weighted by molar-refractivity contribution is 0.411. The van der Waals surface area contributed by atoms with Crippen molar-refractivity contribution in [2.75, 3.05) is 4.90 Å². The summed E-state index contributed by atoms with van der Waals surface area (Å²) in [6.45, 7) is 9.54. The summed E-state index contributed by atoms with van der Waals surface area (Å²) < 4.78 is 6.03. The second-order valence-electron chi connectivity index (χ2n) is 8.76. The van der Waals surface area contributed by atoms with E-state index in [1.54, 1.807) is 24.3 Å². The average Bonchev–Trinajstić information content (AvgIpc) is 2.78. The third-order valence-electron chi connectivity index (χ3n) is 5.90. The Morgan fingerprint density at radius 3 is 1.76 bits per heavy atom. The highest BCUT2D eigenvalue weighted by Crippen LogP contribution is 2.44. The van der Waals surface area contributed by atoms with E-state index >= 15 is 0 Å². The molecule has 4 aromatic rings. The van der Waals surface area contributed by atoms with Gasteiger partial charge < -0.3 is 25.0 Å². The second-order valence-corrected chi connectivity index (χ2v) is 8.76. The average molecular weight is 456 g/mol. The van der Waals surface area contributed by atoms with Crippen molar-refractivity contribution < 1.29 is 20.1 Å². The van der Waals surface area contributed by atoms with Gasteiger partial charge in [0, 0.05) is 22.9 Å². The SMILES string of the molecule is Cc1ccc(O)c(Oc2cccc(N(c3cc(C)cc(O)c3C)c3cc(C)cc(O)c3C)c2)c1. The fourth-order valence-electron chi connectivity index (χ4n) is 4.03. The van der Waals surface area contributed by atoms with E-state index in [9.17, 15) is 15.3 Å². The molecule has 0 saturated heterocycles. The number of hydrogen-bond acceptors (Lipinski definition) is 5. The summed E-state index contributed by atoms with van der Waals surface area (Å²) in [6, 6.07) is 20.2. The van der Waals surface area contributed by atoms with Crippen LogP contribution in [0.4, 0.5) is 17.1 Å². The molecule has 0 atom stereocenters. The number of benzene rings is 4. The molecule has 34 heavy (non-hydrogen) atoms. The van der Waals surface area contributed by atoms with E-state index in [0.717, 1.165) is 33.8 Å². The first-order valence-electron chi connectivity index (χ1n) is 11.1. The van der Waals surface area contributed by atoms with E-state index in [2.05, 4.69) is 0 Å². The van der Waals surface area contributed by atoms with Gasteiger partial charge in [0.25, 0.3) is 0 Å². The minimum Gasteiger partial charge on any atom is -0.508 e. The Bertz CT molecular complexity index is 1320. The van der Waals surface area contributed by atoms with Gasteiger partial charge in [0.2, 0.25) is 0 Å². The fourth-order valence-corrected chi connectivity index (χ4v) is 4.03. The number of ether oxygens (including phenoxy) is 1. The third-order valence-corrected chi connectivity index (χ3v) is 5.90. The van der Waals surface area contributed by atoms with Crippen LogP contribution in [-0.4, -0.2) is 15.3 Å². The van der Waals surface area contributed by atoms with E-state index in [0.29, 0.717) is 22.6 Å². The Morgan fingerprint density at radius 2 is 1.18 bits per heavy atom. The summed E-state index contributed by atoms with van der Waals surface area (Å²) in [4.78, 5) is 2.01. The van der Waals surface area contributed by atoms with E-state index < -0.39 is 0 Å². The first-order valence-corrected chi connectivity index (χ1v) is 11.1. The fraction of sp³-hybridized carbons (Fsp3) is 0.172. The van der Waals surface area contributed by atoms with E-state index in [1.807, 2.05) is 82.0 Å². The monoisotopic (exact) mass is 455 g/mol. The maximum absolute atomic E-state index is 10.6. The molecule has 0 aromatic heterocycles. The van der Waals surface area contributed by atoms with Crippen molar-refractivity contribution in [1.29, 1.82) is 0 Å². The van der Waals surface area contributed by atoms with Crippen LogP contribution in [-0.2, 0) is 0 Å². The molecule has 4 rings (SSSR count). The zero-order chi connectivity index (χ0) is 24.6. The molecule has 0 aliphatic rings. The van der Waals surface area contributed by atoms with Gasteiger partial charge in [0.05, 0.1) is 11.4 Å². The van der Waals surface area contributed by atoms with Crippen LogP contribution in [0.3, 0.4) is 0 Å². The molecule has 174 valence electrons. The van der Waals surface area contributed by atoms with Crippen molar-refractivity contribution >= 4 is 17.1 Å². The molecule has 0 saturated carbocycles. The van der Waals surface area contributed by atoms with Gasteiger partial charge in [-0.1, -0.05) is 12.1 Å². The summed E-state index contributed by atoms with van der Waals surface area (Å²) in [7, 11) is 0. The highest BCUT2D eigenvalue weighted by atomic mass is 16.5. The van der Waals surface area contributed by atoms with Gasteiger partial charge in [-0.3, -0.25) is 0 Å². The second kappa shape index (κ2) is 9.02. The Balaban J connectivity index is 1.91. The van der Waals surface area contributed by atoms with Crippen LogP contribution in [0.1, 0.15) is 27.8 Å². The summed E-state index contributed by atoms with van der Waals surface area (Å²) in [6.07, 6.45) is 0. The molecule has 5 heteroatoms. The Labute approximate surface area is 200 Å². The van der Waals surface area contributed by atoms with Gasteiger partial charge in [-0.25, -0.2) is 0 Å². The van der Waals surface area contributed by atoms with Crippen molar-refractivity contribution in [1.82, 2.24) is 0 Å². The molecule has 3 N–H and O–H groups in total. The number of anilines is 3. The van der Waals surface area contributed by atoms with Gasteiger partial charge in [0.1, 0.15) is 17.2 Å². The number of aromatic hydroxyl groups is 3. The van der Waals surface area contributed by atoms with E-state index in [1.165, 1.54) is 0 Å². The molecule has 0 radical (unpaired) electrons. The van der Waals surface area contributed by atoms with Gasteiger partial charge in [-0.15, -0.1) is 0 Å².